The normalized spacial score (nSPS) is 17.7. The first kappa shape index (κ1) is 35.3. The summed E-state index contributed by atoms with van der Waals surface area (Å²) in [7, 11) is 0. The molecule has 0 unspecified atom stereocenters. The number of allylic oxidation sites excluding steroid dienone is 5. The maximum Gasteiger partial charge on any atom is 0.200 e. The molecule has 260 valence electrons. The number of unbranched alkanes of at least 4 members (excludes halogenated alkanes) is 3. The second-order valence-corrected chi connectivity index (χ2v) is 14.4. The van der Waals surface area contributed by atoms with Gasteiger partial charge in [0.1, 0.15) is 13.1 Å². The molecule has 2 heterocycles. The molecule has 7 nitrogen and oxygen atoms in total. The number of carbonyl (C=O) groups excluding carboxylic acids is 2. The lowest BCUT2D eigenvalue weighted by Crippen LogP contribution is -2.38. The molecule has 2 aliphatic heterocycles. The lowest BCUT2D eigenvalue weighted by Gasteiger charge is -2.41. The monoisotopic (exact) mass is 684 g/mol. The predicted molar refractivity (Wildman–Crippen MR) is 194 cm³/mol. The van der Waals surface area contributed by atoms with Crippen molar-refractivity contribution in [3.8, 4) is 0 Å². The molecule has 0 bridgehead atoms. The van der Waals surface area contributed by atoms with E-state index >= 15 is 0 Å². The van der Waals surface area contributed by atoms with E-state index in [4.69, 9.17) is 21.1 Å². The van der Waals surface area contributed by atoms with Crippen LogP contribution in [0.1, 0.15) is 103 Å². The van der Waals surface area contributed by atoms with Crippen LogP contribution in [0.2, 0.25) is 0 Å². The molecule has 6 rings (SSSR count). The number of ether oxygens (including phenoxy) is 2. The fraction of sp³-hybridized carbons (Fsp3) is 0.488. The zero-order chi connectivity index (χ0) is 34.4. The van der Waals surface area contributed by atoms with Crippen LogP contribution in [0.4, 0.5) is 5.69 Å². The lowest BCUT2D eigenvalue weighted by molar-refractivity contribution is -0.582. The Morgan fingerprint density at radius 3 is 2.31 bits per heavy atom. The number of hydrogen-bond acceptors (Lipinski definition) is 6. The van der Waals surface area contributed by atoms with Crippen molar-refractivity contribution in [1.82, 2.24) is 0 Å². The van der Waals surface area contributed by atoms with Gasteiger partial charge in [-0.3, -0.25) is 4.79 Å². The fourth-order valence-electron chi connectivity index (χ4n) is 7.21. The largest absolute Gasteiger partial charge is 0.545 e. The van der Waals surface area contributed by atoms with Gasteiger partial charge in [-0.15, -0.1) is 11.6 Å². The minimum Gasteiger partial charge on any atom is -0.545 e. The van der Waals surface area contributed by atoms with Crippen LogP contribution in [-0.4, -0.2) is 80.5 Å². The Bertz CT molecular complexity index is 1690. The first-order valence-corrected chi connectivity index (χ1v) is 18.6. The summed E-state index contributed by atoms with van der Waals surface area (Å²) in [5, 5.41) is 12.6. The van der Waals surface area contributed by atoms with E-state index in [1.165, 1.54) is 30.3 Å². The summed E-state index contributed by atoms with van der Waals surface area (Å²) in [4.78, 5) is 28.5. The van der Waals surface area contributed by atoms with Gasteiger partial charge >= 0.3 is 0 Å². The maximum absolute atomic E-state index is 13.5. The topological polar surface area (TPSA) is 81.9 Å². The van der Waals surface area contributed by atoms with Crippen molar-refractivity contribution in [3.63, 3.8) is 0 Å². The number of hydrogen-bond donors (Lipinski definition) is 0. The molecule has 2 aliphatic carbocycles. The number of fused-ring (bicyclic) bond motifs is 2. The predicted octanol–water partition coefficient (Wildman–Crippen LogP) is 6.50. The first-order valence-electron chi connectivity index (χ1n) is 18.1. The molecule has 2 aromatic rings. The first-order chi connectivity index (χ1) is 23.8. The quantitative estimate of drug-likeness (QED) is 0.0819. The highest BCUT2D eigenvalue weighted by molar-refractivity contribution is 6.17. The molecule has 49 heavy (non-hydrogen) atoms. The highest BCUT2D eigenvalue weighted by atomic mass is 35.5. The molecule has 0 radical (unpaired) electrons. The highest BCUT2D eigenvalue weighted by Crippen LogP contribution is 2.51. The van der Waals surface area contributed by atoms with Gasteiger partial charge in [0.2, 0.25) is 0 Å². The number of nitrogens with zero attached hydrogens (tertiary/aromatic N) is 2. The number of anilines is 1. The van der Waals surface area contributed by atoms with E-state index in [-0.39, 0.29) is 16.8 Å². The van der Waals surface area contributed by atoms with Gasteiger partial charge in [-0.25, -0.2) is 4.58 Å². The van der Waals surface area contributed by atoms with Gasteiger partial charge in [-0.05, 0) is 83.4 Å². The fourth-order valence-corrected chi connectivity index (χ4v) is 7.40. The summed E-state index contributed by atoms with van der Waals surface area (Å²) in [5.74, 6) is -0.583. The number of carbonyl (C=O) groups is 2. The summed E-state index contributed by atoms with van der Waals surface area (Å²) >= 11 is 5.72. The standard InChI is InChI=1S/C41H49ClN2O5/c1-41(2)36-27-30(43-18-8-19-43)12-15-33(36)39(34-16-13-31(28-37(34)41)44-20-9-21-44)35-26-29(11-14-32(35)40(46)47)38(45)10-7-23-49-25-24-48-22-6-4-3-5-17-42/h11-16,26-28H,3-10,17-25H2,1-2H3. The van der Waals surface area contributed by atoms with Gasteiger partial charge in [0.05, 0.1) is 25.6 Å². The molecule has 0 amide bonds. The van der Waals surface area contributed by atoms with Gasteiger partial charge in [0.25, 0.3) is 0 Å². The Hall–Kier alpha value is -3.52. The summed E-state index contributed by atoms with van der Waals surface area (Å²) in [6.07, 6.45) is 14.2. The molecule has 2 saturated heterocycles. The van der Waals surface area contributed by atoms with E-state index < -0.39 is 5.97 Å². The number of ketones is 1. The molecule has 2 fully saturated rings. The van der Waals surface area contributed by atoms with Crippen LogP contribution in [0.5, 0.6) is 0 Å². The van der Waals surface area contributed by atoms with E-state index in [0.717, 1.165) is 86.3 Å². The SMILES string of the molecule is CC1(C)C2=CC(=[N+]3CCC3)C=CC2=C(c2cc(C(=O)CCCOCCOCCCCCCCl)ccc2C(=O)[O-])c2ccc(N3CCC3)cc21. The van der Waals surface area contributed by atoms with Crippen molar-refractivity contribution >= 4 is 40.3 Å². The molecule has 4 aliphatic rings. The van der Waals surface area contributed by atoms with Gasteiger partial charge < -0.3 is 24.3 Å². The highest BCUT2D eigenvalue weighted by Gasteiger charge is 2.40. The Morgan fingerprint density at radius 1 is 0.878 bits per heavy atom. The van der Waals surface area contributed by atoms with Gasteiger partial charge in [0.15, 0.2) is 11.5 Å². The zero-order valence-electron chi connectivity index (χ0n) is 29.0. The van der Waals surface area contributed by atoms with Crippen LogP contribution < -0.4 is 10.0 Å². The third-order valence-corrected chi connectivity index (χ3v) is 10.7. The molecule has 8 heteroatoms. The molecule has 2 aromatic carbocycles. The summed E-state index contributed by atoms with van der Waals surface area (Å²) < 4.78 is 13.7. The van der Waals surface area contributed by atoms with Crippen LogP contribution >= 0.6 is 11.6 Å². The van der Waals surface area contributed by atoms with Crippen molar-refractivity contribution in [2.45, 2.75) is 70.6 Å². The van der Waals surface area contributed by atoms with Crippen molar-refractivity contribution < 1.29 is 28.7 Å². The molecule has 0 spiro atoms. The van der Waals surface area contributed by atoms with E-state index in [1.54, 1.807) is 12.1 Å². The Morgan fingerprint density at radius 2 is 1.63 bits per heavy atom. The van der Waals surface area contributed by atoms with Crippen molar-refractivity contribution in [2.75, 3.05) is 63.4 Å². The summed E-state index contributed by atoms with van der Waals surface area (Å²) in [5.41, 5.74) is 8.32. The van der Waals surface area contributed by atoms with Gasteiger partial charge in [-0.2, -0.15) is 0 Å². The Kier molecular flexibility index (Phi) is 11.5. The van der Waals surface area contributed by atoms with Crippen molar-refractivity contribution in [2.24, 2.45) is 0 Å². The van der Waals surface area contributed by atoms with Gasteiger partial charge in [0, 0.05) is 73.0 Å². The average molecular weight is 685 g/mol. The molecular formula is C41H49ClN2O5. The number of Topliss-reactive ketones (excluding diaryl/α,β-unsaturated/α-hetero) is 1. The van der Waals surface area contributed by atoms with E-state index in [0.29, 0.717) is 49.7 Å². The van der Waals surface area contributed by atoms with Crippen molar-refractivity contribution in [1.29, 1.82) is 0 Å². The molecule has 0 N–H and O–H groups in total. The zero-order valence-corrected chi connectivity index (χ0v) is 29.8. The summed E-state index contributed by atoms with van der Waals surface area (Å²) in [6.45, 7) is 10.9. The van der Waals surface area contributed by atoms with Crippen LogP contribution in [0, 0.1) is 0 Å². The van der Waals surface area contributed by atoms with E-state index in [2.05, 4.69) is 59.8 Å². The second-order valence-electron chi connectivity index (χ2n) is 14.0. The van der Waals surface area contributed by atoms with Crippen LogP contribution in [0.25, 0.3) is 5.57 Å². The number of rotatable bonds is 17. The molecular weight excluding hydrogens is 636 g/mol. The number of carboxylic acids is 1. The van der Waals surface area contributed by atoms with Crippen LogP contribution in [0.3, 0.4) is 0 Å². The van der Waals surface area contributed by atoms with Crippen molar-refractivity contribution in [3.05, 3.63) is 93.6 Å². The summed E-state index contributed by atoms with van der Waals surface area (Å²) in [6, 6.07) is 11.5. The smallest absolute Gasteiger partial charge is 0.200 e. The van der Waals surface area contributed by atoms with Gasteiger partial charge in [-0.1, -0.05) is 44.9 Å². The second kappa shape index (κ2) is 16.0. The number of benzene rings is 2. The van der Waals surface area contributed by atoms with Crippen LogP contribution in [-0.2, 0) is 14.9 Å². The Labute approximate surface area is 295 Å². The lowest BCUT2D eigenvalue weighted by atomic mass is 9.64. The molecule has 0 saturated carbocycles. The third kappa shape index (κ3) is 7.79. The average Bonchev–Trinajstić information content (AvgIpc) is 3.04. The van der Waals surface area contributed by atoms with E-state index in [9.17, 15) is 14.7 Å². The van der Waals surface area contributed by atoms with E-state index in [1.807, 2.05) is 0 Å². The number of carboxylic acid groups (broad SMARTS) is 1. The molecule has 0 aromatic heterocycles. The van der Waals surface area contributed by atoms with Crippen LogP contribution in [0.15, 0.2) is 65.8 Å². The minimum atomic E-state index is -1.25. The minimum absolute atomic E-state index is 0.0404. The molecule has 0 atom stereocenters. The maximum atomic E-state index is 13.5. The Balaban J connectivity index is 1.24. The third-order valence-electron chi connectivity index (χ3n) is 10.4. The number of halogens is 1. The number of alkyl halides is 1. The number of aromatic carboxylic acids is 1.